The van der Waals surface area contributed by atoms with Gasteiger partial charge in [-0.25, -0.2) is 0 Å². The molecule has 0 N–H and O–H groups in total. The van der Waals surface area contributed by atoms with Gasteiger partial charge in [0.15, 0.2) is 0 Å². The zero-order valence-corrected chi connectivity index (χ0v) is 9.67. The van der Waals surface area contributed by atoms with E-state index in [1.54, 1.807) is 0 Å². The normalized spacial score (nSPS) is 23.7. The van der Waals surface area contributed by atoms with Crippen LogP contribution in [0, 0.1) is 5.41 Å². The van der Waals surface area contributed by atoms with Crippen LogP contribution in [0.5, 0.6) is 0 Å². The van der Waals surface area contributed by atoms with Crippen molar-refractivity contribution in [2.24, 2.45) is 5.41 Å². The summed E-state index contributed by atoms with van der Waals surface area (Å²) in [6.07, 6.45) is 0.812. The first-order valence-electron chi connectivity index (χ1n) is 5.28. The molecule has 14 heavy (non-hydrogen) atoms. The van der Waals surface area contributed by atoms with Crippen LogP contribution in [0.2, 0.25) is 0 Å². The predicted octanol–water partition coefficient (Wildman–Crippen LogP) is 1.67. The number of hydrogen-bond acceptors (Lipinski definition) is 2. The molecule has 0 saturated carbocycles. The summed E-state index contributed by atoms with van der Waals surface area (Å²) in [6.45, 7) is 10.5. The van der Waals surface area contributed by atoms with Crippen molar-refractivity contribution >= 4 is 5.91 Å². The van der Waals surface area contributed by atoms with E-state index in [4.69, 9.17) is 4.74 Å². The van der Waals surface area contributed by atoms with E-state index < -0.39 is 0 Å². The molecule has 0 bridgehead atoms. The van der Waals surface area contributed by atoms with Crippen molar-refractivity contribution in [1.29, 1.82) is 0 Å². The first kappa shape index (κ1) is 11.5. The van der Waals surface area contributed by atoms with Gasteiger partial charge in [-0.1, -0.05) is 20.8 Å². The molecule has 3 heteroatoms. The van der Waals surface area contributed by atoms with Gasteiger partial charge in [0, 0.05) is 19.5 Å². The molecule has 0 aromatic carbocycles. The lowest BCUT2D eigenvalue weighted by atomic mass is 9.91. The van der Waals surface area contributed by atoms with Gasteiger partial charge in [0.1, 0.15) is 0 Å². The van der Waals surface area contributed by atoms with Gasteiger partial charge in [-0.3, -0.25) is 4.79 Å². The SMILES string of the molecule is CC1CN(C(=O)CC(C)(C)C)CCO1. The van der Waals surface area contributed by atoms with Crippen LogP contribution < -0.4 is 0 Å². The lowest BCUT2D eigenvalue weighted by molar-refractivity contribution is -0.140. The van der Waals surface area contributed by atoms with Crippen LogP contribution in [0.1, 0.15) is 34.1 Å². The highest BCUT2D eigenvalue weighted by Gasteiger charge is 2.24. The summed E-state index contributed by atoms with van der Waals surface area (Å²) in [5.74, 6) is 0.257. The molecule has 1 saturated heterocycles. The molecule has 0 aliphatic carbocycles. The summed E-state index contributed by atoms with van der Waals surface area (Å²) in [5.41, 5.74) is 0.0820. The summed E-state index contributed by atoms with van der Waals surface area (Å²) in [5, 5.41) is 0. The minimum Gasteiger partial charge on any atom is -0.375 e. The quantitative estimate of drug-likeness (QED) is 0.643. The standard InChI is InChI=1S/C11H21NO2/c1-9-8-12(5-6-14-9)10(13)7-11(2,3)4/h9H,5-8H2,1-4H3. The molecule has 0 aromatic rings. The molecular weight excluding hydrogens is 178 g/mol. The van der Waals surface area contributed by atoms with Crippen molar-refractivity contribution in [1.82, 2.24) is 4.90 Å². The van der Waals surface area contributed by atoms with Gasteiger partial charge in [-0.05, 0) is 12.3 Å². The fourth-order valence-corrected chi connectivity index (χ4v) is 1.61. The predicted molar refractivity (Wildman–Crippen MR) is 56.1 cm³/mol. The Labute approximate surface area is 86.4 Å². The fourth-order valence-electron chi connectivity index (χ4n) is 1.61. The average molecular weight is 199 g/mol. The van der Waals surface area contributed by atoms with Crippen molar-refractivity contribution in [2.75, 3.05) is 19.7 Å². The monoisotopic (exact) mass is 199 g/mol. The lowest BCUT2D eigenvalue weighted by Gasteiger charge is -2.33. The Balaban J connectivity index is 2.44. The minimum absolute atomic E-state index is 0.0820. The second-order valence-electron chi connectivity index (χ2n) is 5.26. The molecule has 1 aliphatic heterocycles. The maximum Gasteiger partial charge on any atom is 0.223 e. The third kappa shape index (κ3) is 3.66. The minimum atomic E-state index is 0.0820. The van der Waals surface area contributed by atoms with E-state index in [0.29, 0.717) is 13.0 Å². The van der Waals surface area contributed by atoms with Crippen LogP contribution in [-0.4, -0.2) is 36.6 Å². The molecule has 3 nitrogen and oxygen atoms in total. The smallest absolute Gasteiger partial charge is 0.223 e. The van der Waals surface area contributed by atoms with E-state index >= 15 is 0 Å². The maximum atomic E-state index is 11.8. The van der Waals surface area contributed by atoms with Gasteiger partial charge in [0.2, 0.25) is 5.91 Å². The first-order valence-corrected chi connectivity index (χ1v) is 5.28. The molecular formula is C11H21NO2. The van der Waals surface area contributed by atoms with Crippen molar-refractivity contribution in [3.8, 4) is 0 Å². The van der Waals surface area contributed by atoms with Gasteiger partial charge >= 0.3 is 0 Å². The van der Waals surface area contributed by atoms with Crippen LogP contribution in [0.15, 0.2) is 0 Å². The maximum absolute atomic E-state index is 11.8. The highest BCUT2D eigenvalue weighted by molar-refractivity contribution is 5.76. The molecule has 0 radical (unpaired) electrons. The van der Waals surface area contributed by atoms with Gasteiger partial charge in [0.25, 0.3) is 0 Å². The van der Waals surface area contributed by atoms with E-state index in [2.05, 4.69) is 20.8 Å². The zero-order valence-electron chi connectivity index (χ0n) is 9.67. The molecule has 1 unspecified atom stereocenters. The van der Waals surface area contributed by atoms with E-state index in [-0.39, 0.29) is 17.4 Å². The second-order valence-corrected chi connectivity index (χ2v) is 5.26. The Hall–Kier alpha value is -0.570. The Bertz CT molecular complexity index is 208. The molecule has 1 fully saturated rings. The average Bonchev–Trinajstić information content (AvgIpc) is 2.01. The Morgan fingerprint density at radius 3 is 2.64 bits per heavy atom. The Kier molecular flexibility index (Phi) is 3.53. The lowest BCUT2D eigenvalue weighted by Crippen LogP contribution is -2.45. The van der Waals surface area contributed by atoms with Crippen LogP contribution >= 0.6 is 0 Å². The van der Waals surface area contributed by atoms with Gasteiger partial charge < -0.3 is 9.64 Å². The molecule has 0 aromatic heterocycles. The van der Waals surface area contributed by atoms with Crippen LogP contribution in [0.4, 0.5) is 0 Å². The summed E-state index contributed by atoms with van der Waals surface area (Å²) >= 11 is 0. The number of rotatable bonds is 1. The van der Waals surface area contributed by atoms with E-state index in [1.165, 1.54) is 0 Å². The van der Waals surface area contributed by atoms with Gasteiger partial charge in [-0.2, -0.15) is 0 Å². The zero-order chi connectivity index (χ0) is 10.8. The number of amides is 1. The number of morpholine rings is 1. The number of nitrogens with zero attached hydrogens (tertiary/aromatic N) is 1. The van der Waals surface area contributed by atoms with Crippen molar-refractivity contribution in [3.63, 3.8) is 0 Å². The highest BCUT2D eigenvalue weighted by Crippen LogP contribution is 2.20. The molecule has 1 atom stereocenters. The van der Waals surface area contributed by atoms with Crippen molar-refractivity contribution in [2.45, 2.75) is 40.2 Å². The number of carbonyl (C=O) groups is 1. The van der Waals surface area contributed by atoms with E-state index in [0.717, 1.165) is 13.1 Å². The van der Waals surface area contributed by atoms with Gasteiger partial charge in [0.05, 0.1) is 12.7 Å². The third-order valence-corrected chi connectivity index (χ3v) is 2.28. The molecule has 1 amide bonds. The number of ether oxygens (including phenoxy) is 1. The van der Waals surface area contributed by atoms with Crippen LogP contribution in [-0.2, 0) is 9.53 Å². The van der Waals surface area contributed by atoms with Gasteiger partial charge in [-0.15, -0.1) is 0 Å². The summed E-state index contributed by atoms with van der Waals surface area (Å²) in [4.78, 5) is 13.7. The molecule has 1 rings (SSSR count). The van der Waals surface area contributed by atoms with E-state index in [1.807, 2.05) is 11.8 Å². The van der Waals surface area contributed by atoms with Crippen LogP contribution in [0.3, 0.4) is 0 Å². The topological polar surface area (TPSA) is 29.5 Å². The number of carbonyl (C=O) groups excluding carboxylic acids is 1. The Morgan fingerprint density at radius 2 is 2.14 bits per heavy atom. The summed E-state index contributed by atoms with van der Waals surface area (Å²) in [6, 6.07) is 0. The van der Waals surface area contributed by atoms with Crippen molar-refractivity contribution < 1.29 is 9.53 Å². The van der Waals surface area contributed by atoms with E-state index in [9.17, 15) is 4.79 Å². The molecule has 82 valence electrons. The van der Waals surface area contributed by atoms with Crippen LogP contribution in [0.25, 0.3) is 0 Å². The fraction of sp³-hybridized carbons (Fsp3) is 0.909. The molecule has 0 spiro atoms. The highest BCUT2D eigenvalue weighted by atomic mass is 16.5. The Morgan fingerprint density at radius 1 is 1.50 bits per heavy atom. The largest absolute Gasteiger partial charge is 0.375 e. The summed E-state index contributed by atoms with van der Waals surface area (Å²) in [7, 11) is 0. The molecule has 1 aliphatic rings. The third-order valence-electron chi connectivity index (χ3n) is 2.28. The molecule has 1 heterocycles. The number of hydrogen-bond donors (Lipinski definition) is 0. The first-order chi connectivity index (χ1) is 6.38. The summed E-state index contributed by atoms with van der Waals surface area (Å²) < 4.78 is 5.39. The van der Waals surface area contributed by atoms with Crippen molar-refractivity contribution in [3.05, 3.63) is 0 Å². The second kappa shape index (κ2) is 4.30.